The zero-order valence-corrected chi connectivity index (χ0v) is 12.0. The van der Waals surface area contributed by atoms with Crippen molar-refractivity contribution >= 4 is 28.9 Å². The molecule has 1 heterocycles. The normalized spacial score (nSPS) is 23.3. The Kier molecular flexibility index (Phi) is 4.65. The van der Waals surface area contributed by atoms with E-state index in [0.717, 1.165) is 18.7 Å². The van der Waals surface area contributed by atoms with Crippen LogP contribution in [0.3, 0.4) is 0 Å². The highest BCUT2D eigenvalue weighted by molar-refractivity contribution is 6.33. The maximum absolute atomic E-state index is 6.13. The number of rotatable bonds is 4. The molecule has 0 spiro atoms. The molecule has 4 nitrogen and oxygen atoms in total. The number of anilines is 1. The van der Waals surface area contributed by atoms with Gasteiger partial charge in [-0.05, 0) is 32.2 Å². The van der Waals surface area contributed by atoms with Crippen molar-refractivity contribution in [1.82, 2.24) is 10.2 Å². The van der Waals surface area contributed by atoms with E-state index in [1.807, 2.05) is 0 Å². The molecule has 100 valence electrons. The lowest BCUT2D eigenvalue weighted by molar-refractivity contribution is 0.461. The molecule has 0 aliphatic heterocycles. The van der Waals surface area contributed by atoms with Crippen molar-refractivity contribution in [2.75, 3.05) is 18.0 Å². The second-order valence-corrected chi connectivity index (χ2v) is 5.37. The molecule has 0 aromatic carbocycles. The SMILES string of the molecule is CCN(c1cc(Cl)nnc1Cl)C1CCCC1CN. The van der Waals surface area contributed by atoms with Gasteiger partial charge in [-0.25, -0.2) is 0 Å². The molecule has 1 aromatic rings. The molecule has 2 N–H and O–H groups in total. The van der Waals surface area contributed by atoms with Crippen LogP contribution >= 0.6 is 23.2 Å². The first-order chi connectivity index (χ1) is 8.67. The first kappa shape index (κ1) is 13.8. The van der Waals surface area contributed by atoms with E-state index in [9.17, 15) is 0 Å². The largest absolute Gasteiger partial charge is 0.366 e. The molecule has 1 saturated carbocycles. The molecular weight excluding hydrogens is 271 g/mol. The lowest BCUT2D eigenvalue weighted by Crippen LogP contribution is -2.40. The molecule has 2 rings (SSSR count). The van der Waals surface area contributed by atoms with Crippen LogP contribution in [-0.2, 0) is 0 Å². The Hall–Kier alpha value is -0.580. The molecule has 0 bridgehead atoms. The third-order valence-corrected chi connectivity index (χ3v) is 4.13. The zero-order valence-electron chi connectivity index (χ0n) is 10.4. The monoisotopic (exact) mass is 288 g/mol. The highest BCUT2D eigenvalue weighted by Crippen LogP contribution is 2.35. The maximum Gasteiger partial charge on any atom is 0.175 e. The predicted octanol–water partition coefficient (Wildman–Crippen LogP) is 2.74. The Morgan fingerprint density at radius 2 is 2.17 bits per heavy atom. The minimum Gasteiger partial charge on any atom is -0.366 e. The van der Waals surface area contributed by atoms with E-state index in [1.54, 1.807) is 6.07 Å². The molecule has 1 aliphatic carbocycles. The molecule has 0 radical (unpaired) electrons. The van der Waals surface area contributed by atoms with E-state index in [2.05, 4.69) is 22.0 Å². The number of nitrogens with zero attached hydrogens (tertiary/aromatic N) is 3. The van der Waals surface area contributed by atoms with Crippen LogP contribution in [0, 0.1) is 5.92 Å². The van der Waals surface area contributed by atoms with Gasteiger partial charge in [-0.2, -0.15) is 0 Å². The summed E-state index contributed by atoms with van der Waals surface area (Å²) in [5, 5.41) is 8.41. The molecule has 0 amide bonds. The highest BCUT2D eigenvalue weighted by atomic mass is 35.5. The van der Waals surface area contributed by atoms with Crippen molar-refractivity contribution in [3.05, 3.63) is 16.4 Å². The third kappa shape index (κ3) is 2.71. The summed E-state index contributed by atoms with van der Waals surface area (Å²) in [6.07, 6.45) is 3.54. The predicted molar refractivity (Wildman–Crippen MR) is 75.3 cm³/mol. The van der Waals surface area contributed by atoms with Crippen molar-refractivity contribution < 1.29 is 0 Å². The van der Waals surface area contributed by atoms with Gasteiger partial charge in [-0.15, -0.1) is 10.2 Å². The van der Waals surface area contributed by atoms with Gasteiger partial charge < -0.3 is 10.6 Å². The topological polar surface area (TPSA) is 55.0 Å². The summed E-state index contributed by atoms with van der Waals surface area (Å²) < 4.78 is 0. The minimum atomic E-state index is 0.371. The Balaban J connectivity index is 2.30. The average molecular weight is 289 g/mol. The number of nitrogens with two attached hydrogens (primary N) is 1. The van der Waals surface area contributed by atoms with Crippen LogP contribution in [0.2, 0.25) is 10.3 Å². The van der Waals surface area contributed by atoms with Gasteiger partial charge in [0.25, 0.3) is 0 Å². The Bertz CT molecular complexity index is 413. The van der Waals surface area contributed by atoms with Gasteiger partial charge in [-0.1, -0.05) is 29.6 Å². The van der Waals surface area contributed by atoms with Crippen molar-refractivity contribution in [2.24, 2.45) is 11.7 Å². The highest BCUT2D eigenvalue weighted by Gasteiger charge is 2.31. The van der Waals surface area contributed by atoms with Crippen molar-refractivity contribution in [1.29, 1.82) is 0 Å². The van der Waals surface area contributed by atoms with Gasteiger partial charge in [0.1, 0.15) is 0 Å². The van der Waals surface area contributed by atoms with Crippen LogP contribution in [0.5, 0.6) is 0 Å². The van der Waals surface area contributed by atoms with Crippen molar-refractivity contribution in [2.45, 2.75) is 32.2 Å². The Morgan fingerprint density at radius 3 is 2.83 bits per heavy atom. The fraction of sp³-hybridized carbons (Fsp3) is 0.667. The smallest absolute Gasteiger partial charge is 0.175 e. The van der Waals surface area contributed by atoms with E-state index in [4.69, 9.17) is 28.9 Å². The summed E-state index contributed by atoms with van der Waals surface area (Å²) in [5.74, 6) is 0.521. The second kappa shape index (κ2) is 6.04. The summed E-state index contributed by atoms with van der Waals surface area (Å²) in [7, 11) is 0. The quantitative estimate of drug-likeness (QED) is 0.926. The zero-order chi connectivity index (χ0) is 13.1. The lowest BCUT2D eigenvalue weighted by atomic mass is 10.0. The van der Waals surface area contributed by atoms with Crippen LogP contribution < -0.4 is 10.6 Å². The van der Waals surface area contributed by atoms with Crippen molar-refractivity contribution in [3.63, 3.8) is 0 Å². The summed E-state index contributed by atoms with van der Waals surface area (Å²) in [4.78, 5) is 2.26. The van der Waals surface area contributed by atoms with E-state index in [-0.39, 0.29) is 0 Å². The van der Waals surface area contributed by atoms with Gasteiger partial charge in [0.2, 0.25) is 0 Å². The summed E-state index contributed by atoms with van der Waals surface area (Å²) in [6.45, 7) is 3.69. The number of aromatic nitrogens is 2. The standard InChI is InChI=1S/C12H18Cl2N4/c1-2-18(9-5-3-4-8(9)7-15)10-6-11(13)16-17-12(10)14/h6,8-9H,2-5,7,15H2,1H3. The van der Waals surface area contributed by atoms with E-state index >= 15 is 0 Å². The third-order valence-electron chi connectivity index (χ3n) is 3.67. The molecule has 2 unspecified atom stereocenters. The number of halogens is 2. The molecular formula is C12H18Cl2N4. The second-order valence-electron chi connectivity index (χ2n) is 4.62. The van der Waals surface area contributed by atoms with Crippen LogP contribution in [-0.4, -0.2) is 29.3 Å². The van der Waals surface area contributed by atoms with E-state index < -0.39 is 0 Å². The van der Waals surface area contributed by atoms with Gasteiger partial charge >= 0.3 is 0 Å². The van der Waals surface area contributed by atoms with E-state index in [1.165, 1.54) is 12.8 Å². The fourth-order valence-electron chi connectivity index (χ4n) is 2.83. The summed E-state index contributed by atoms with van der Waals surface area (Å²) >= 11 is 12.0. The van der Waals surface area contributed by atoms with Crippen LogP contribution in [0.4, 0.5) is 5.69 Å². The average Bonchev–Trinajstić information content (AvgIpc) is 2.83. The van der Waals surface area contributed by atoms with Crippen molar-refractivity contribution in [3.8, 4) is 0 Å². The minimum absolute atomic E-state index is 0.371. The number of hydrogen-bond donors (Lipinski definition) is 1. The van der Waals surface area contributed by atoms with Gasteiger partial charge in [0, 0.05) is 18.7 Å². The van der Waals surface area contributed by atoms with Gasteiger partial charge in [0.05, 0.1) is 5.69 Å². The maximum atomic E-state index is 6.13. The van der Waals surface area contributed by atoms with Crippen LogP contribution in [0.1, 0.15) is 26.2 Å². The Morgan fingerprint density at radius 1 is 1.39 bits per heavy atom. The molecule has 2 atom stereocenters. The molecule has 18 heavy (non-hydrogen) atoms. The molecule has 1 fully saturated rings. The molecule has 6 heteroatoms. The first-order valence-corrected chi connectivity index (χ1v) is 7.08. The van der Waals surface area contributed by atoms with E-state index in [0.29, 0.717) is 28.8 Å². The lowest BCUT2D eigenvalue weighted by Gasteiger charge is -2.34. The first-order valence-electron chi connectivity index (χ1n) is 6.32. The summed E-state index contributed by atoms with van der Waals surface area (Å²) in [5.41, 5.74) is 6.71. The number of hydrogen-bond acceptors (Lipinski definition) is 4. The Labute approximate surface area is 117 Å². The summed E-state index contributed by atoms with van der Waals surface area (Å²) in [6, 6.07) is 2.21. The fourth-order valence-corrected chi connectivity index (χ4v) is 3.17. The molecule has 1 aliphatic rings. The van der Waals surface area contributed by atoms with Gasteiger partial charge in [0.15, 0.2) is 10.3 Å². The van der Waals surface area contributed by atoms with Crippen LogP contribution in [0.15, 0.2) is 6.07 Å². The van der Waals surface area contributed by atoms with Gasteiger partial charge in [-0.3, -0.25) is 0 Å². The van der Waals surface area contributed by atoms with Crippen LogP contribution in [0.25, 0.3) is 0 Å². The molecule has 1 aromatic heterocycles. The molecule has 0 saturated heterocycles.